The summed E-state index contributed by atoms with van der Waals surface area (Å²) in [6, 6.07) is 52.0. The van der Waals surface area contributed by atoms with E-state index in [2.05, 4.69) is 220 Å². The summed E-state index contributed by atoms with van der Waals surface area (Å²) in [5.41, 5.74) is 20.8. The van der Waals surface area contributed by atoms with Crippen molar-refractivity contribution < 1.29 is 0 Å². The van der Waals surface area contributed by atoms with Crippen LogP contribution in [0, 0.1) is 0 Å². The summed E-state index contributed by atoms with van der Waals surface area (Å²) in [5, 5.41) is 0. The zero-order valence-electron chi connectivity index (χ0n) is 35.5. The molecule has 2 N–H and O–H groups in total. The molecule has 0 saturated heterocycles. The molecule has 0 spiro atoms. The van der Waals surface area contributed by atoms with Gasteiger partial charge in [-0.05, 0) is 102 Å². The van der Waals surface area contributed by atoms with Gasteiger partial charge in [0.1, 0.15) is 0 Å². The van der Waals surface area contributed by atoms with E-state index < -0.39 is 0 Å². The second-order valence-electron chi connectivity index (χ2n) is 18.8. The summed E-state index contributed by atoms with van der Waals surface area (Å²) in [6.45, 7) is 26.9. The number of benzene rings is 6. The van der Waals surface area contributed by atoms with E-state index in [4.69, 9.17) is 5.73 Å². The maximum atomic E-state index is 6.06. The average molecular weight is 811 g/mol. The van der Waals surface area contributed by atoms with Crippen molar-refractivity contribution in [1.29, 1.82) is 0 Å². The van der Waals surface area contributed by atoms with Crippen molar-refractivity contribution in [3.05, 3.63) is 183 Å². The minimum Gasteiger partial charge on any atom is -0.398 e. The van der Waals surface area contributed by atoms with Gasteiger partial charge in [0, 0.05) is 15.7 Å². The van der Waals surface area contributed by atoms with E-state index in [0.29, 0.717) is 0 Å². The molecule has 0 aliphatic carbocycles. The van der Waals surface area contributed by atoms with E-state index in [9.17, 15) is 0 Å². The normalized spacial score (nSPS) is 11.7. The molecule has 6 aromatic carbocycles. The van der Waals surface area contributed by atoms with Crippen LogP contribution in [0.15, 0.2) is 150 Å². The van der Waals surface area contributed by atoms with Crippen LogP contribution >= 0.6 is 15.9 Å². The van der Waals surface area contributed by atoms with Gasteiger partial charge >= 0.3 is 0 Å². The fraction of sp³-hybridized carbons (Fsp3) is 0.333. The van der Waals surface area contributed by atoms with E-state index in [1.165, 1.54) is 50.1 Å². The van der Waals surface area contributed by atoms with Crippen LogP contribution in [-0.4, -0.2) is 0 Å². The molecule has 0 radical (unpaired) electrons. The molecule has 1 nitrogen and oxygen atoms in total. The second kappa shape index (κ2) is 19.2. The molecule has 6 rings (SSSR count). The minimum absolute atomic E-state index is 0. The number of rotatable bonds is 4. The number of hydrogen-bond donors (Lipinski definition) is 1. The Balaban J connectivity index is 0.000000247. The number of anilines is 1. The lowest BCUT2D eigenvalue weighted by Gasteiger charge is -2.22. The van der Waals surface area contributed by atoms with Crippen LogP contribution in [0.3, 0.4) is 0 Å². The Morgan fingerprint density at radius 1 is 0.411 bits per heavy atom. The Bertz CT molecular complexity index is 2080. The molecule has 0 atom stereocenters. The van der Waals surface area contributed by atoms with Crippen molar-refractivity contribution in [1.82, 2.24) is 0 Å². The molecule has 0 fully saturated rings. The lowest BCUT2D eigenvalue weighted by molar-refractivity contribution is 0.589. The van der Waals surface area contributed by atoms with Gasteiger partial charge in [-0.25, -0.2) is 0 Å². The first-order chi connectivity index (χ1) is 25.6. The van der Waals surface area contributed by atoms with Crippen molar-refractivity contribution in [2.75, 3.05) is 5.73 Å². The number of nitrogens with two attached hydrogens (primary N) is 1. The Kier molecular flexibility index (Phi) is 15.7. The molecule has 0 heterocycles. The second-order valence-corrected chi connectivity index (χ2v) is 19.7. The van der Waals surface area contributed by atoms with Crippen LogP contribution in [0.1, 0.15) is 124 Å². The van der Waals surface area contributed by atoms with Gasteiger partial charge in [-0.2, -0.15) is 0 Å². The van der Waals surface area contributed by atoms with Gasteiger partial charge in [0.05, 0.1) is 0 Å². The predicted octanol–water partition coefficient (Wildman–Crippen LogP) is 16.2. The lowest BCUT2D eigenvalue weighted by atomic mass is 9.83. The van der Waals surface area contributed by atoms with Crippen LogP contribution in [0.4, 0.5) is 5.69 Å². The topological polar surface area (TPSA) is 26.0 Å². The Labute approximate surface area is 350 Å². The molecule has 296 valence electrons. The van der Waals surface area contributed by atoms with E-state index in [1.807, 2.05) is 24.3 Å². The van der Waals surface area contributed by atoms with Gasteiger partial charge in [-0.15, -0.1) is 0 Å². The summed E-state index contributed by atoms with van der Waals surface area (Å²) in [6.07, 6.45) is 0.957. The summed E-state index contributed by atoms with van der Waals surface area (Å²) in [5.74, 6) is 0. The fourth-order valence-electron chi connectivity index (χ4n) is 6.27. The number of nitrogen functional groups attached to an aromatic ring is 1. The molecule has 0 amide bonds. The molecule has 0 unspecified atom stereocenters. The number of halogens is 1. The summed E-state index contributed by atoms with van der Waals surface area (Å²) >= 11 is 3.41. The maximum Gasteiger partial charge on any atom is 0.0393 e. The van der Waals surface area contributed by atoms with Crippen molar-refractivity contribution in [2.45, 2.75) is 119 Å². The Morgan fingerprint density at radius 3 is 1.20 bits per heavy atom. The minimum atomic E-state index is 0. The maximum absolute atomic E-state index is 6.06. The van der Waals surface area contributed by atoms with E-state index >= 15 is 0 Å². The van der Waals surface area contributed by atoms with Gasteiger partial charge in [0.15, 0.2) is 0 Å². The molecule has 6 aromatic rings. The zero-order valence-corrected chi connectivity index (χ0v) is 37.1. The lowest BCUT2D eigenvalue weighted by Crippen LogP contribution is -2.12. The van der Waals surface area contributed by atoms with Gasteiger partial charge in [-0.3, -0.25) is 0 Å². The van der Waals surface area contributed by atoms with Crippen LogP contribution in [0.5, 0.6) is 0 Å². The number of hydrogen-bond acceptors (Lipinski definition) is 1. The van der Waals surface area contributed by atoms with Gasteiger partial charge in [-0.1, -0.05) is 228 Å². The smallest absolute Gasteiger partial charge is 0.0393 e. The predicted molar refractivity (Wildman–Crippen MR) is 253 cm³/mol. The van der Waals surface area contributed by atoms with Crippen molar-refractivity contribution >= 4 is 21.6 Å². The fourth-order valence-corrected chi connectivity index (χ4v) is 6.53. The van der Waals surface area contributed by atoms with E-state index in [0.717, 1.165) is 22.1 Å². The van der Waals surface area contributed by atoms with Crippen LogP contribution in [0.2, 0.25) is 0 Å². The quantitative estimate of drug-likeness (QED) is 0.176. The van der Waals surface area contributed by atoms with Crippen LogP contribution < -0.4 is 5.73 Å². The summed E-state index contributed by atoms with van der Waals surface area (Å²) < 4.78 is 1.14. The molecule has 2 heteroatoms. The summed E-state index contributed by atoms with van der Waals surface area (Å²) in [4.78, 5) is 0. The SMILES string of the molecule is C.CC(C)(C)c1ccc(Br)cc1.CC(C)(C)c1ccc(Cc2ccc(C(C)(C)C)cc2-c2ccccc2)cc1.CC(C)(C)c1ccc(N)c(-c2ccccc2)c1. The zero-order chi connectivity index (χ0) is 40.6. The van der Waals surface area contributed by atoms with Crippen molar-refractivity contribution in [3.63, 3.8) is 0 Å². The largest absolute Gasteiger partial charge is 0.398 e. The molecule has 56 heavy (non-hydrogen) atoms. The highest BCUT2D eigenvalue weighted by Crippen LogP contribution is 2.34. The molecular formula is C54H68BrN. The molecular weight excluding hydrogens is 743 g/mol. The Morgan fingerprint density at radius 2 is 0.768 bits per heavy atom. The first-order valence-electron chi connectivity index (χ1n) is 19.6. The third-order valence-electron chi connectivity index (χ3n) is 9.99. The van der Waals surface area contributed by atoms with Crippen molar-refractivity contribution in [2.24, 2.45) is 0 Å². The molecule has 0 bridgehead atoms. The Hall–Kier alpha value is -4.40. The van der Waals surface area contributed by atoms with Gasteiger partial charge in [0.25, 0.3) is 0 Å². The highest BCUT2D eigenvalue weighted by atomic mass is 79.9. The molecule has 0 aromatic heterocycles. The van der Waals surface area contributed by atoms with Gasteiger partial charge in [0.2, 0.25) is 0 Å². The van der Waals surface area contributed by atoms with Crippen molar-refractivity contribution in [3.8, 4) is 22.3 Å². The first-order valence-corrected chi connectivity index (χ1v) is 20.4. The summed E-state index contributed by atoms with van der Waals surface area (Å²) in [7, 11) is 0. The third kappa shape index (κ3) is 13.4. The average Bonchev–Trinajstić information content (AvgIpc) is 3.12. The standard InChI is InChI=1S/C27H32.C16H19N.C10H13Br.CH4/c1-26(2,3)23-15-12-20(13-16-23)18-22-14-17-24(27(4,5)6)19-25(22)21-10-8-7-9-11-21;1-16(2,3)13-9-10-15(17)14(11-13)12-7-5-4-6-8-12;1-10(2,3)8-4-6-9(11)7-5-8;/h7-17,19H,18H2,1-6H3;4-11H,17H2,1-3H3;4-7H,1-3H3;1H4. The van der Waals surface area contributed by atoms with Gasteiger partial charge < -0.3 is 5.73 Å². The molecule has 0 aliphatic rings. The monoisotopic (exact) mass is 809 g/mol. The first kappa shape index (κ1) is 46.0. The highest BCUT2D eigenvalue weighted by Gasteiger charge is 2.18. The molecule has 0 aliphatic heterocycles. The molecule has 0 saturated carbocycles. The van der Waals surface area contributed by atoms with Crippen LogP contribution in [-0.2, 0) is 28.1 Å². The third-order valence-corrected chi connectivity index (χ3v) is 10.5. The highest BCUT2D eigenvalue weighted by molar-refractivity contribution is 9.10. The van der Waals surface area contributed by atoms with E-state index in [-0.39, 0.29) is 29.1 Å². The van der Waals surface area contributed by atoms with E-state index in [1.54, 1.807) is 0 Å². The van der Waals surface area contributed by atoms with Crippen LogP contribution in [0.25, 0.3) is 22.3 Å².